The van der Waals surface area contributed by atoms with Crippen molar-refractivity contribution in [2.75, 3.05) is 0 Å². The molecule has 0 aromatic heterocycles. The van der Waals surface area contributed by atoms with Gasteiger partial charge in [-0.25, -0.2) is 5.01 Å². The molecule has 1 aliphatic rings. The molecular formula is C22H10Br4ClN3O5. The Morgan fingerprint density at radius 1 is 0.886 bits per heavy atom. The molecule has 35 heavy (non-hydrogen) atoms. The fraction of sp³-hybridized carbons (Fsp3) is 0.0455. The molecule has 0 fully saturated rings. The van der Waals surface area contributed by atoms with E-state index in [9.17, 15) is 24.5 Å². The number of halogens is 5. The standard InChI is InChI=1S/C22H10Br4ClN3O5/c23-16-14-15(17(24)19(26)18(16)25)22(33)29(21(14)32)28(20(31)10-5-7-12(27)8-6-10)9-11-3-1-2-4-13(11)30(34)35/h1-8H,9H2. The van der Waals surface area contributed by atoms with Crippen molar-refractivity contribution in [3.05, 3.63) is 104 Å². The molecule has 0 radical (unpaired) electrons. The molecule has 0 unspecified atom stereocenters. The largest absolute Gasteiger partial charge is 0.282 e. The lowest BCUT2D eigenvalue weighted by atomic mass is 10.1. The van der Waals surface area contributed by atoms with E-state index < -0.39 is 29.2 Å². The van der Waals surface area contributed by atoms with Gasteiger partial charge in [0.15, 0.2) is 0 Å². The molecule has 4 rings (SSSR count). The van der Waals surface area contributed by atoms with Gasteiger partial charge in [0.2, 0.25) is 0 Å². The molecule has 3 amide bonds. The van der Waals surface area contributed by atoms with E-state index in [2.05, 4.69) is 63.7 Å². The molecule has 0 saturated heterocycles. The van der Waals surface area contributed by atoms with Gasteiger partial charge in [0.05, 0.1) is 28.2 Å². The summed E-state index contributed by atoms with van der Waals surface area (Å²) in [6, 6.07) is 11.6. The SMILES string of the molecule is O=C(c1ccc(Cl)cc1)N(Cc1ccccc1[N+](=O)[O-])N1C(=O)c2c(Br)c(Br)c(Br)c(Br)c2C1=O. The first kappa shape index (κ1) is 26.0. The summed E-state index contributed by atoms with van der Waals surface area (Å²) in [5.41, 5.74) is 0.0783. The van der Waals surface area contributed by atoms with Gasteiger partial charge in [-0.1, -0.05) is 29.8 Å². The highest BCUT2D eigenvalue weighted by Gasteiger charge is 2.46. The minimum Gasteiger partial charge on any atom is -0.267 e. The van der Waals surface area contributed by atoms with E-state index in [4.69, 9.17) is 11.6 Å². The lowest BCUT2D eigenvalue weighted by Crippen LogP contribution is -2.49. The number of carbonyl (C=O) groups is 3. The normalized spacial score (nSPS) is 12.7. The molecule has 1 heterocycles. The number of imide groups is 1. The summed E-state index contributed by atoms with van der Waals surface area (Å²) in [5, 5.41) is 13.6. The third-order valence-electron chi connectivity index (χ3n) is 5.16. The minimum atomic E-state index is -0.772. The van der Waals surface area contributed by atoms with Crippen molar-refractivity contribution in [3.63, 3.8) is 0 Å². The monoisotopic (exact) mass is 747 g/mol. The Hall–Kier alpha value is -2.12. The second-order valence-corrected chi connectivity index (χ2v) is 10.8. The lowest BCUT2D eigenvalue weighted by molar-refractivity contribution is -0.385. The summed E-state index contributed by atoms with van der Waals surface area (Å²) >= 11 is 19.4. The Kier molecular flexibility index (Phi) is 7.49. The van der Waals surface area contributed by atoms with Crippen molar-refractivity contribution in [1.29, 1.82) is 0 Å². The molecule has 0 aliphatic carbocycles. The van der Waals surface area contributed by atoms with E-state index in [0.717, 1.165) is 5.01 Å². The highest BCUT2D eigenvalue weighted by molar-refractivity contribution is 9.15. The zero-order valence-electron chi connectivity index (χ0n) is 17.1. The average Bonchev–Trinajstić information content (AvgIpc) is 3.10. The molecule has 0 bridgehead atoms. The zero-order chi connectivity index (χ0) is 25.6. The van der Waals surface area contributed by atoms with Crippen LogP contribution in [0.4, 0.5) is 5.69 Å². The maximum Gasteiger partial charge on any atom is 0.282 e. The van der Waals surface area contributed by atoms with Gasteiger partial charge in [-0.05, 0) is 88.0 Å². The number of para-hydroxylation sites is 1. The first-order valence-corrected chi connectivity index (χ1v) is 13.1. The highest BCUT2D eigenvalue weighted by atomic mass is 79.9. The summed E-state index contributed by atoms with van der Waals surface area (Å²) in [6.07, 6.45) is 0. The number of amides is 3. The van der Waals surface area contributed by atoms with Crippen LogP contribution in [-0.2, 0) is 6.54 Å². The number of nitrogens with zero attached hydrogens (tertiary/aromatic N) is 3. The fourth-order valence-electron chi connectivity index (χ4n) is 3.52. The van der Waals surface area contributed by atoms with Crippen LogP contribution in [0.5, 0.6) is 0 Å². The molecule has 13 heteroatoms. The number of carbonyl (C=O) groups excluding carboxylic acids is 3. The summed E-state index contributed by atoms with van der Waals surface area (Å²) < 4.78 is 1.60. The predicted molar refractivity (Wildman–Crippen MR) is 142 cm³/mol. The molecular weight excluding hydrogens is 741 g/mol. The maximum absolute atomic E-state index is 13.6. The van der Waals surface area contributed by atoms with Crippen LogP contribution in [-0.4, -0.2) is 32.7 Å². The van der Waals surface area contributed by atoms with Gasteiger partial charge in [-0.3, -0.25) is 24.5 Å². The Bertz CT molecular complexity index is 1380. The highest BCUT2D eigenvalue weighted by Crippen LogP contribution is 2.45. The van der Waals surface area contributed by atoms with Crippen molar-refractivity contribution in [1.82, 2.24) is 10.0 Å². The Labute approximate surface area is 236 Å². The van der Waals surface area contributed by atoms with Crippen LogP contribution in [0.25, 0.3) is 0 Å². The zero-order valence-corrected chi connectivity index (χ0v) is 24.2. The first-order valence-electron chi connectivity index (χ1n) is 9.59. The topological polar surface area (TPSA) is 101 Å². The smallest absolute Gasteiger partial charge is 0.267 e. The van der Waals surface area contributed by atoms with E-state index in [1.807, 2.05) is 0 Å². The lowest BCUT2D eigenvalue weighted by Gasteiger charge is -2.30. The number of hydrogen-bond donors (Lipinski definition) is 0. The van der Waals surface area contributed by atoms with Crippen molar-refractivity contribution >= 4 is 98.7 Å². The van der Waals surface area contributed by atoms with Crippen LogP contribution in [0, 0.1) is 10.1 Å². The summed E-state index contributed by atoms with van der Waals surface area (Å²) in [5.74, 6) is -2.27. The van der Waals surface area contributed by atoms with Crippen molar-refractivity contribution in [2.45, 2.75) is 6.54 Å². The van der Waals surface area contributed by atoms with Gasteiger partial charge < -0.3 is 0 Å². The maximum atomic E-state index is 13.6. The van der Waals surface area contributed by atoms with Gasteiger partial charge >= 0.3 is 0 Å². The fourth-order valence-corrected chi connectivity index (χ4v) is 6.10. The third-order valence-corrected chi connectivity index (χ3v) is 10.2. The summed E-state index contributed by atoms with van der Waals surface area (Å²) in [4.78, 5) is 51.7. The number of nitro benzene ring substituents is 1. The van der Waals surface area contributed by atoms with E-state index in [0.29, 0.717) is 27.9 Å². The first-order chi connectivity index (χ1) is 16.5. The quantitative estimate of drug-likeness (QED) is 0.0907. The summed E-state index contributed by atoms with van der Waals surface area (Å²) in [7, 11) is 0. The molecule has 1 aliphatic heterocycles. The van der Waals surface area contributed by atoms with Gasteiger partial charge in [-0.2, -0.15) is 5.01 Å². The molecule has 178 valence electrons. The van der Waals surface area contributed by atoms with Gasteiger partial charge in [0.25, 0.3) is 23.4 Å². The number of benzene rings is 3. The van der Waals surface area contributed by atoms with Crippen molar-refractivity contribution in [3.8, 4) is 0 Å². The van der Waals surface area contributed by atoms with Gasteiger partial charge in [0.1, 0.15) is 0 Å². The van der Waals surface area contributed by atoms with Crippen LogP contribution in [0.2, 0.25) is 5.02 Å². The molecule has 3 aromatic rings. The van der Waals surface area contributed by atoms with Gasteiger partial charge in [-0.15, -0.1) is 0 Å². The Balaban J connectivity index is 1.88. The average molecular weight is 751 g/mol. The molecule has 8 nitrogen and oxygen atoms in total. The van der Waals surface area contributed by atoms with E-state index >= 15 is 0 Å². The molecule has 3 aromatic carbocycles. The Morgan fingerprint density at radius 2 is 1.40 bits per heavy atom. The van der Waals surface area contributed by atoms with Crippen LogP contribution < -0.4 is 0 Å². The number of hydrogen-bond acceptors (Lipinski definition) is 5. The van der Waals surface area contributed by atoms with E-state index in [-0.39, 0.29) is 27.9 Å². The minimum absolute atomic E-state index is 0.0356. The third kappa shape index (κ3) is 4.57. The molecule has 0 spiro atoms. The molecule has 0 saturated carbocycles. The number of nitro groups is 1. The number of hydrazine groups is 1. The molecule has 0 atom stereocenters. The summed E-state index contributed by atoms with van der Waals surface area (Å²) in [6.45, 7) is -0.415. The van der Waals surface area contributed by atoms with Crippen LogP contribution in [0.3, 0.4) is 0 Å². The number of rotatable bonds is 5. The predicted octanol–water partition coefficient (Wildman–Crippen LogP) is 7.15. The van der Waals surface area contributed by atoms with Crippen molar-refractivity contribution in [2.24, 2.45) is 0 Å². The van der Waals surface area contributed by atoms with Crippen LogP contribution in [0.15, 0.2) is 66.4 Å². The van der Waals surface area contributed by atoms with Crippen LogP contribution in [0.1, 0.15) is 36.6 Å². The van der Waals surface area contributed by atoms with E-state index in [1.165, 1.54) is 42.5 Å². The second kappa shape index (κ2) is 10.1. The Morgan fingerprint density at radius 3 is 1.91 bits per heavy atom. The number of fused-ring (bicyclic) bond motifs is 1. The second-order valence-electron chi connectivity index (χ2n) is 7.18. The molecule has 0 N–H and O–H groups in total. The van der Waals surface area contributed by atoms with Crippen molar-refractivity contribution < 1.29 is 19.3 Å². The van der Waals surface area contributed by atoms with Crippen LogP contribution >= 0.6 is 75.3 Å². The van der Waals surface area contributed by atoms with Gasteiger partial charge in [0, 0.05) is 34.5 Å². The van der Waals surface area contributed by atoms with E-state index in [1.54, 1.807) is 6.07 Å².